The summed E-state index contributed by atoms with van der Waals surface area (Å²) in [6.45, 7) is 8.40. The van der Waals surface area contributed by atoms with Gasteiger partial charge in [-0.3, -0.25) is 24.0 Å². The number of carbonyl (C=O) groups excluding carboxylic acids is 5. The molecule has 4 fully saturated rings. The third-order valence-electron chi connectivity index (χ3n) is 22.1. The van der Waals surface area contributed by atoms with E-state index in [1.165, 1.54) is 0 Å². The Kier molecular flexibility index (Phi) is 20.3. The normalized spacial score (nSPS) is 17.4. The van der Waals surface area contributed by atoms with Gasteiger partial charge in [0.25, 0.3) is 0 Å². The molecule has 8 bridgehead atoms. The zero-order valence-electron chi connectivity index (χ0n) is 57.8. The minimum absolute atomic E-state index is 0. The minimum atomic E-state index is -0.608. The summed E-state index contributed by atoms with van der Waals surface area (Å²) < 4.78 is 8.20. The number of rotatable bonds is 17. The Hall–Kier alpha value is -9.44. The van der Waals surface area contributed by atoms with E-state index in [2.05, 4.69) is 53.9 Å². The number of fused-ring (bicyclic) bond motifs is 8. The van der Waals surface area contributed by atoms with E-state index in [1.54, 1.807) is 18.7 Å². The number of hydrogen-bond donors (Lipinski definition) is 4. The molecule has 0 unspecified atom stereocenters. The third-order valence-corrected chi connectivity index (χ3v) is 22.1. The molecule has 6 aliphatic rings. The van der Waals surface area contributed by atoms with Gasteiger partial charge in [-0.2, -0.15) is 0 Å². The van der Waals surface area contributed by atoms with Crippen molar-refractivity contribution in [3.8, 4) is 44.5 Å². The monoisotopic (exact) mass is 1380 g/mol. The fourth-order valence-corrected chi connectivity index (χ4v) is 15.9. The van der Waals surface area contributed by atoms with Crippen LogP contribution in [0.1, 0.15) is 185 Å². The first-order valence-corrected chi connectivity index (χ1v) is 35.9. The molecule has 4 aromatic heterocycles. The van der Waals surface area contributed by atoms with Crippen molar-refractivity contribution in [1.29, 1.82) is 0 Å². The number of esters is 1. The van der Waals surface area contributed by atoms with Gasteiger partial charge in [0, 0.05) is 91.2 Å². The van der Waals surface area contributed by atoms with Crippen LogP contribution in [-0.2, 0) is 52.3 Å². The first-order valence-electron chi connectivity index (χ1n) is 35.9. The number of ether oxygens (including phenoxy) is 1. The summed E-state index contributed by atoms with van der Waals surface area (Å²) in [5.41, 5.74) is 9.74. The molecule has 6 heterocycles. The van der Waals surface area contributed by atoms with E-state index in [0.29, 0.717) is 124 Å². The molecule has 4 saturated carbocycles. The maximum atomic E-state index is 14.9. The summed E-state index contributed by atoms with van der Waals surface area (Å²) >= 11 is 0. The molecule has 17 heteroatoms. The number of imidazole rings is 1. The second kappa shape index (κ2) is 29.4. The molecule has 4 aliphatic carbocycles. The summed E-state index contributed by atoms with van der Waals surface area (Å²) in [6.07, 6.45) is 29.4. The van der Waals surface area contributed by atoms with Crippen LogP contribution in [0.15, 0.2) is 140 Å². The number of nitrogens with one attached hydrogen (secondary N) is 4. The molecule has 514 valence electrons. The number of anilines is 4. The molecule has 16 nitrogen and oxygen atoms in total. The van der Waals surface area contributed by atoms with Crippen LogP contribution in [0.25, 0.3) is 90.4 Å². The van der Waals surface area contributed by atoms with Crippen LogP contribution in [0.4, 0.5) is 22.7 Å². The Morgan fingerprint density at radius 1 is 0.440 bits per heavy atom. The maximum absolute atomic E-state index is 14.9. The van der Waals surface area contributed by atoms with Gasteiger partial charge in [-0.1, -0.05) is 202 Å². The summed E-state index contributed by atoms with van der Waals surface area (Å²) in [7, 11) is 0. The van der Waals surface area contributed by atoms with E-state index in [1.807, 2.05) is 144 Å². The van der Waals surface area contributed by atoms with Gasteiger partial charge in [0.2, 0.25) is 23.6 Å². The van der Waals surface area contributed by atoms with Gasteiger partial charge in [-0.15, -0.1) is 22.1 Å². The number of para-hydroxylation sites is 4. The molecule has 14 rings (SSSR count). The number of aryl methyl sites for hydroxylation is 1. The van der Waals surface area contributed by atoms with Crippen molar-refractivity contribution < 1.29 is 45.8 Å². The molecule has 4 aromatic carbocycles. The number of carbonyl (C=O) groups is 5. The van der Waals surface area contributed by atoms with Gasteiger partial charge in [0.05, 0.1) is 35.5 Å². The van der Waals surface area contributed by atoms with Crippen molar-refractivity contribution in [2.24, 2.45) is 21.7 Å². The number of aromatic nitrogens is 6. The van der Waals surface area contributed by atoms with Crippen LogP contribution in [0.2, 0.25) is 0 Å². The van der Waals surface area contributed by atoms with Crippen LogP contribution in [0.3, 0.4) is 0 Å². The van der Waals surface area contributed by atoms with Crippen LogP contribution < -0.4 is 31.2 Å². The van der Waals surface area contributed by atoms with E-state index in [0.717, 1.165) is 128 Å². The summed E-state index contributed by atoms with van der Waals surface area (Å²) in [6, 6.07) is 39.1. The van der Waals surface area contributed by atoms with Crippen LogP contribution in [0, 0.1) is 21.7 Å². The molecule has 100 heavy (non-hydrogen) atoms. The Bertz CT molecular complexity index is 4670. The average molecular weight is 1380 g/mol. The Balaban J connectivity index is 0.00000896. The Morgan fingerprint density at radius 2 is 0.780 bits per heavy atom. The van der Waals surface area contributed by atoms with E-state index in [-0.39, 0.29) is 53.7 Å². The van der Waals surface area contributed by atoms with E-state index in [4.69, 9.17) is 24.7 Å². The van der Waals surface area contributed by atoms with E-state index < -0.39 is 27.6 Å². The predicted molar refractivity (Wildman–Crippen MR) is 395 cm³/mol. The van der Waals surface area contributed by atoms with Crippen molar-refractivity contribution in [3.05, 3.63) is 163 Å². The molecular formula is C83H88FeN10O6. The van der Waals surface area contributed by atoms with Crippen molar-refractivity contribution >= 4 is 98.2 Å². The standard InChI is InChI=1S/C83H90N10O6.Fe/c1-80(40-17-5-18-41-80)76(95)89-59-29-13-9-25-55(59)71-63-33-34-64(85-63)72(56-26-10-14-30-60(56)90-77(96)81(2)42-19-6-20-43-81)66-37-38-68(87-66)74(58-28-12-16-32-62(58)92-79(98)83(4)46-23-8-24-47-83)75-54(52-99-70(94)39-49-93-50-48-84-53-93)51-69(88-75)73(67-36-35-65(71)86-67)57-27-11-15-31-61(57)91-78(97)82(3)44-21-7-22-45-82;/h9-16,25-38,48,50-51,53H,5-8,17-24,39-47,49,52H2,1-4H3,(H6,85,86,87,88,89,90,91,92,95,96,97,98);/q;+2/p-2. The second-order valence-electron chi connectivity index (χ2n) is 29.4. The Morgan fingerprint density at radius 3 is 1.14 bits per heavy atom. The number of benzene rings is 4. The van der Waals surface area contributed by atoms with Crippen LogP contribution >= 0.6 is 0 Å². The molecule has 0 saturated heterocycles. The maximum Gasteiger partial charge on any atom is 2.00 e. The number of amides is 4. The first-order chi connectivity index (χ1) is 48.0. The fraction of sp³-hybridized carbons (Fsp3) is 0.373. The average Bonchev–Trinajstić information content (AvgIpc) is 1.60. The third kappa shape index (κ3) is 14.2. The molecule has 8 aromatic rings. The first kappa shape index (κ1) is 69.1. The molecule has 2 aliphatic heterocycles. The largest absolute Gasteiger partial charge is 2.00 e. The SMILES string of the molecule is CC1(C(=O)Nc2ccccc2-c2c3nc(c(-c4ccccc4NC(=O)C4(C)CCCCC4)c4ccc([n-]4)c(-c4ccccc4NC(=O)C4(C)CCCCC4)c4nc(c(-c5ccccc5NC(=O)C5(C)CCCCC5)c5ccc2[n-]5)C=C4COC(=O)CCn2ccnc2)C=C3)CCCCC1.[Fe+2]. The quantitative estimate of drug-likeness (QED) is 0.0497. The van der Waals surface area contributed by atoms with Gasteiger partial charge < -0.3 is 40.5 Å². The Labute approximate surface area is 596 Å². The molecule has 0 spiro atoms. The minimum Gasteiger partial charge on any atom is -0.657 e. The summed E-state index contributed by atoms with van der Waals surface area (Å²) in [4.78, 5) is 101. The topological polar surface area (TPSA) is 214 Å². The van der Waals surface area contributed by atoms with Crippen molar-refractivity contribution in [2.75, 3.05) is 27.9 Å². The van der Waals surface area contributed by atoms with Crippen LogP contribution in [0.5, 0.6) is 0 Å². The zero-order valence-corrected chi connectivity index (χ0v) is 58.9. The number of hydrogen-bond acceptors (Lipinski definition) is 9. The molecule has 0 atom stereocenters. The van der Waals surface area contributed by atoms with Crippen LogP contribution in [-0.4, -0.2) is 55.7 Å². The fourth-order valence-electron chi connectivity index (χ4n) is 15.9. The second-order valence-corrected chi connectivity index (χ2v) is 29.4. The van der Waals surface area contributed by atoms with Crippen molar-refractivity contribution in [3.63, 3.8) is 0 Å². The summed E-state index contributed by atoms with van der Waals surface area (Å²) in [5, 5.41) is 13.7. The molecular weight excluding hydrogens is 1290 g/mol. The van der Waals surface area contributed by atoms with Crippen molar-refractivity contribution in [2.45, 2.75) is 169 Å². The van der Waals surface area contributed by atoms with Gasteiger partial charge >= 0.3 is 23.0 Å². The van der Waals surface area contributed by atoms with Gasteiger partial charge in [-0.05, 0) is 116 Å². The smallest absolute Gasteiger partial charge is 0.657 e. The van der Waals surface area contributed by atoms with E-state index >= 15 is 0 Å². The predicted octanol–water partition coefficient (Wildman–Crippen LogP) is 18.4. The van der Waals surface area contributed by atoms with E-state index in [9.17, 15) is 24.0 Å². The zero-order chi connectivity index (χ0) is 68.3. The summed E-state index contributed by atoms with van der Waals surface area (Å²) in [5.74, 6) is -0.672. The molecule has 4 N–H and O–H groups in total. The van der Waals surface area contributed by atoms with Gasteiger partial charge in [-0.25, -0.2) is 15.0 Å². The van der Waals surface area contributed by atoms with Gasteiger partial charge in [0.1, 0.15) is 6.61 Å². The molecule has 0 radical (unpaired) electrons. The number of nitrogens with zero attached hydrogens (tertiary/aromatic N) is 6. The van der Waals surface area contributed by atoms with Crippen molar-refractivity contribution in [1.82, 2.24) is 29.5 Å². The van der Waals surface area contributed by atoms with Gasteiger partial charge in [0.15, 0.2) is 0 Å². The molecule has 4 amide bonds.